The molecule has 0 bridgehead atoms. The van der Waals surface area contributed by atoms with Crippen molar-refractivity contribution >= 4 is 52.1 Å². The number of nitrogens with one attached hydrogen (secondary N) is 1. The summed E-state index contributed by atoms with van der Waals surface area (Å²) in [6.45, 7) is 0.843. The maximum absolute atomic E-state index is 6.44. The predicted molar refractivity (Wildman–Crippen MR) is 118 cm³/mol. The molecule has 3 nitrogen and oxygen atoms in total. The Morgan fingerprint density at radius 2 is 1.54 bits per heavy atom. The molecular formula is C21H17Cl4NO2. The quantitative estimate of drug-likeness (QED) is 0.399. The molecule has 7 heteroatoms. The lowest BCUT2D eigenvalue weighted by atomic mass is 10.2. The van der Waals surface area contributed by atoms with Gasteiger partial charge in [0.1, 0.15) is 6.61 Å². The number of halogens is 4. The van der Waals surface area contributed by atoms with E-state index in [0.29, 0.717) is 44.7 Å². The predicted octanol–water partition coefficient (Wildman–Crippen LogP) is 7.50. The van der Waals surface area contributed by atoms with E-state index in [1.54, 1.807) is 25.3 Å². The van der Waals surface area contributed by atoms with E-state index in [1.165, 1.54) is 0 Å². The van der Waals surface area contributed by atoms with Gasteiger partial charge in [-0.05, 0) is 53.6 Å². The van der Waals surface area contributed by atoms with Crippen molar-refractivity contribution in [2.24, 2.45) is 0 Å². The minimum Gasteiger partial charge on any atom is -0.493 e. The molecule has 0 aliphatic heterocycles. The number of hydrogen-bond acceptors (Lipinski definition) is 3. The number of rotatable bonds is 7. The lowest BCUT2D eigenvalue weighted by Gasteiger charge is -2.15. The number of hydrogen-bond donors (Lipinski definition) is 1. The topological polar surface area (TPSA) is 30.5 Å². The lowest BCUT2D eigenvalue weighted by Crippen LogP contribution is -2.03. The van der Waals surface area contributed by atoms with E-state index in [2.05, 4.69) is 5.32 Å². The first kappa shape index (κ1) is 20.9. The van der Waals surface area contributed by atoms with Gasteiger partial charge in [0, 0.05) is 28.3 Å². The van der Waals surface area contributed by atoms with Crippen molar-refractivity contribution in [2.75, 3.05) is 12.4 Å². The second-order valence-corrected chi connectivity index (χ2v) is 7.65. The van der Waals surface area contributed by atoms with Gasteiger partial charge in [0.25, 0.3) is 0 Å². The fourth-order valence-corrected chi connectivity index (χ4v) is 3.21. The first-order valence-corrected chi connectivity index (χ1v) is 9.90. The Balaban J connectivity index is 1.71. The molecule has 0 amide bonds. The smallest absolute Gasteiger partial charge is 0.163 e. The van der Waals surface area contributed by atoms with Crippen molar-refractivity contribution in [1.29, 1.82) is 0 Å². The van der Waals surface area contributed by atoms with Crippen LogP contribution in [-0.2, 0) is 13.2 Å². The van der Waals surface area contributed by atoms with Gasteiger partial charge in [-0.15, -0.1) is 0 Å². The lowest BCUT2D eigenvalue weighted by molar-refractivity contribution is 0.284. The minimum atomic E-state index is 0.311. The third-order valence-corrected chi connectivity index (χ3v) is 5.38. The van der Waals surface area contributed by atoms with Crippen LogP contribution in [0.5, 0.6) is 11.5 Å². The van der Waals surface area contributed by atoms with Gasteiger partial charge in [-0.3, -0.25) is 0 Å². The Bertz CT molecular complexity index is 961. The van der Waals surface area contributed by atoms with E-state index < -0.39 is 0 Å². The third kappa shape index (κ3) is 5.39. The van der Waals surface area contributed by atoms with E-state index in [9.17, 15) is 0 Å². The van der Waals surface area contributed by atoms with Gasteiger partial charge in [0.15, 0.2) is 11.5 Å². The summed E-state index contributed by atoms with van der Waals surface area (Å²) in [5.41, 5.74) is 2.72. The average Bonchev–Trinajstić information content (AvgIpc) is 2.69. The number of anilines is 1. The molecular weight excluding hydrogens is 440 g/mol. The summed E-state index contributed by atoms with van der Waals surface area (Å²) < 4.78 is 11.3. The zero-order valence-corrected chi connectivity index (χ0v) is 18.0. The van der Waals surface area contributed by atoms with Crippen molar-refractivity contribution in [1.82, 2.24) is 0 Å². The van der Waals surface area contributed by atoms with E-state index in [4.69, 9.17) is 55.9 Å². The highest BCUT2D eigenvalue weighted by molar-refractivity contribution is 6.42. The zero-order chi connectivity index (χ0) is 20.1. The van der Waals surface area contributed by atoms with Crippen LogP contribution >= 0.6 is 46.4 Å². The third-order valence-electron chi connectivity index (χ3n) is 4.04. The molecule has 0 saturated carbocycles. The van der Waals surface area contributed by atoms with Crippen LogP contribution in [0.4, 0.5) is 5.69 Å². The monoisotopic (exact) mass is 455 g/mol. The normalized spacial score (nSPS) is 10.6. The van der Waals surface area contributed by atoms with Crippen LogP contribution in [0.1, 0.15) is 11.1 Å². The van der Waals surface area contributed by atoms with Gasteiger partial charge in [-0.1, -0.05) is 52.5 Å². The highest BCUT2D eigenvalue weighted by Crippen LogP contribution is 2.34. The van der Waals surface area contributed by atoms with E-state index >= 15 is 0 Å². The largest absolute Gasteiger partial charge is 0.493 e. The number of methoxy groups -OCH3 is 1. The van der Waals surface area contributed by atoms with Crippen LogP contribution in [0.25, 0.3) is 0 Å². The number of benzene rings is 3. The van der Waals surface area contributed by atoms with Gasteiger partial charge in [-0.25, -0.2) is 0 Å². The maximum Gasteiger partial charge on any atom is 0.163 e. The van der Waals surface area contributed by atoms with Gasteiger partial charge >= 0.3 is 0 Å². The summed E-state index contributed by atoms with van der Waals surface area (Å²) in [4.78, 5) is 0. The summed E-state index contributed by atoms with van der Waals surface area (Å²) in [5.74, 6) is 1.14. The molecule has 3 aromatic rings. The van der Waals surface area contributed by atoms with Crippen molar-refractivity contribution in [3.05, 3.63) is 85.8 Å². The fraction of sp³-hybridized carbons (Fsp3) is 0.143. The van der Waals surface area contributed by atoms with Crippen LogP contribution in [0, 0.1) is 0 Å². The molecule has 0 aliphatic carbocycles. The summed E-state index contributed by atoms with van der Waals surface area (Å²) >= 11 is 24.3. The molecule has 0 aliphatic rings. The van der Waals surface area contributed by atoms with Crippen molar-refractivity contribution in [2.45, 2.75) is 13.2 Å². The number of ether oxygens (including phenoxy) is 2. The average molecular weight is 457 g/mol. The second-order valence-electron chi connectivity index (χ2n) is 5.99. The SMILES string of the molecule is COc1cc(CNc2ccc(Cl)cc2)c(Cl)cc1OCc1ccc(Cl)c(Cl)c1. The van der Waals surface area contributed by atoms with Crippen molar-refractivity contribution < 1.29 is 9.47 Å². The Labute approximate surface area is 184 Å². The van der Waals surface area contributed by atoms with Crippen LogP contribution in [0.15, 0.2) is 54.6 Å². The van der Waals surface area contributed by atoms with Crippen molar-refractivity contribution in [3.63, 3.8) is 0 Å². The van der Waals surface area contributed by atoms with Gasteiger partial charge in [0.2, 0.25) is 0 Å². The molecule has 0 atom stereocenters. The van der Waals surface area contributed by atoms with Crippen molar-refractivity contribution in [3.8, 4) is 11.5 Å². The zero-order valence-electron chi connectivity index (χ0n) is 14.9. The molecule has 0 fully saturated rings. The summed E-state index contributed by atoms with van der Waals surface area (Å²) in [6, 6.07) is 16.4. The Morgan fingerprint density at radius 1 is 0.786 bits per heavy atom. The molecule has 146 valence electrons. The fourth-order valence-electron chi connectivity index (χ4n) is 2.54. The van der Waals surface area contributed by atoms with Gasteiger partial charge < -0.3 is 14.8 Å². The van der Waals surface area contributed by atoms with E-state index in [-0.39, 0.29) is 0 Å². The Kier molecular flexibility index (Phi) is 7.19. The first-order chi connectivity index (χ1) is 13.5. The first-order valence-electron chi connectivity index (χ1n) is 8.39. The summed E-state index contributed by atoms with van der Waals surface area (Å²) in [5, 5.41) is 5.55. The maximum atomic E-state index is 6.44. The van der Waals surface area contributed by atoms with Crippen LogP contribution in [0.3, 0.4) is 0 Å². The molecule has 0 aromatic heterocycles. The molecule has 0 radical (unpaired) electrons. The Hall–Kier alpha value is -1.78. The van der Waals surface area contributed by atoms with Crippen LogP contribution in [-0.4, -0.2) is 7.11 Å². The summed E-state index contributed by atoms with van der Waals surface area (Å²) in [7, 11) is 1.59. The van der Waals surface area contributed by atoms with Crippen LogP contribution in [0.2, 0.25) is 20.1 Å². The standard InChI is InChI=1S/C21H17Cl4NO2/c1-27-20-9-14(11-26-16-5-3-15(22)4-6-16)18(24)10-21(20)28-12-13-2-7-17(23)19(25)8-13/h2-10,26H,11-12H2,1H3. The Morgan fingerprint density at radius 3 is 2.21 bits per heavy atom. The molecule has 0 saturated heterocycles. The molecule has 0 spiro atoms. The van der Waals surface area contributed by atoms with Gasteiger partial charge in [-0.2, -0.15) is 0 Å². The van der Waals surface area contributed by atoms with Gasteiger partial charge in [0.05, 0.1) is 17.2 Å². The van der Waals surface area contributed by atoms with E-state index in [0.717, 1.165) is 16.8 Å². The highest BCUT2D eigenvalue weighted by atomic mass is 35.5. The molecule has 28 heavy (non-hydrogen) atoms. The molecule has 0 heterocycles. The van der Waals surface area contributed by atoms with Crippen LogP contribution < -0.4 is 14.8 Å². The minimum absolute atomic E-state index is 0.311. The summed E-state index contributed by atoms with van der Waals surface area (Å²) in [6.07, 6.45) is 0. The molecule has 3 aromatic carbocycles. The van der Waals surface area contributed by atoms with E-state index in [1.807, 2.05) is 36.4 Å². The highest BCUT2D eigenvalue weighted by Gasteiger charge is 2.11. The molecule has 3 rings (SSSR count). The second kappa shape index (κ2) is 9.62. The molecule has 0 unspecified atom stereocenters. The molecule has 1 N–H and O–H groups in total.